The van der Waals surface area contributed by atoms with E-state index < -0.39 is 0 Å². The molecule has 0 aromatic heterocycles. The molecule has 3 rings (SSSR count). The summed E-state index contributed by atoms with van der Waals surface area (Å²) in [7, 11) is 2.17. The number of piperazine rings is 1. The molecule has 2 saturated heterocycles. The molecule has 5 heteroatoms. The lowest BCUT2D eigenvalue weighted by Crippen LogP contribution is -2.51. The van der Waals surface area contributed by atoms with Crippen molar-refractivity contribution in [1.82, 2.24) is 14.7 Å². The summed E-state index contributed by atoms with van der Waals surface area (Å²) >= 11 is 0. The number of carbonyl (C=O) groups excluding carboxylic acids is 1. The molecule has 0 bridgehead atoms. The van der Waals surface area contributed by atoms with Gasteiger partial charge in [0, 0.05) is 57.4 Å². The van der Waals surface area contributed by atoms with Gasteiger partial charge in [0.15, 0.2) is 0 Å². The zero-order valence-electron chi connectivity index (χ0n) is 15.7. The standard InChI is InChI=1S/C20H32N4O/c1-16-4-3-9-24(19(16)14-21)20(25)18-7-5-17(6-8-18)15-23-12-10-22(2)11-13-23/h5-8,16,19H,3-4,9-15,21H2,1-2H3. The molecule has 2 N–H and O–H groups in total. The summed E-state index contributed by atoms with van der Waals surface area (Å²) in [6.07, 6.45) is 2.24. The zero-order chi connectivity index (χ0) is 17.8. The van der Waals surface area contributed by atoms with Crippen LogP contribution in [0.25, 0.3) is 0 Å². The Morgan fingerprint density at radius 1 is 1.12 bits per heavy atom. The van der Waals surface area contributed by atoms with Gasteiger partial charge in [-0.05, 0) is 43.5 Å². The van der Waals surface area contributed by atoms with Crippen LogP contribution in [0, 0.1) is 5.92 Å². The first-order valence-corrected chi connectivity index (χ1v) is 9.59. The maximum absolute atomic E-state index is 12.9. The normalized spacial score (nSPS) is 26.0. The molecular formula is C20H32N4O. The van der Waals surface area contributed by atoms with Crippen molar-refractivity contribution in [3.05, 3.63) is 35.4 Å². The predicted octanol–water partition coefficient (Wildman–Crippen LogP) is 1.63. The number of benzene rings is 1. The number of hydrogen-bond donors (Lipinski definition) is 1. The third-order valence-electron chi connectivity index (χ3n) is 5.82. The highest BCUT2D eigenvalue weighted by Crippen LogP contribution is 2.24. The Morgan fingerprint density at radius 3 is 2.44 bits per heavy atom. The Labute approximate surface area is 151 Å². The monoisotopic (exact) mass is 344 g/mol. The number of rotatable bonds is 4. The molecule has 0 radical (unpaired) electrons. The molecule has 1 aromatic rings. The van der Waals surface area contributed by atoms with E-state index in [-0.39, 0.29) is 11.9 Å². The Morgan fingerprint density at radius 2 is 1.80 bits per heavy atom. The lowest BCUT2D eigenvalue weighted by molar-refractivity contribution is 0.0532. The van der Waals surface area contributed by atoms with Gasteiger partial charge in [0.05, 0.1) is 0 Å². The Balaban J connectivity index is 1.62. The molecule has 1 amide bonds. The molecule has 0 spiro atoms. The summed E-state index contributed by atoms with van der Waals surface area (Å²) in [5.74, 6) is 0.618. The SMILES string of the molecule is CC1CCCN(C(=O)c2ccc(CN3CCN(C)CC3)cc2)C1CN. The first kappa shape index (κ1) is 18.4. The third-order valence-corrected chi connectivity index (χ3v) is 5.82. The van der Waals surface area contributed by atoms with Crippen LogP contribution in [0.15, 0.2) is 24.3 Å². The Kier molecular flexibility index (Phi) is 6.10. The molecule has 1 aromatic carbocycles. The lowest BCUT2D eigenvalue weighted by Gasteiger charge is -2.39. The minimum Gasteiger partial charge on any atom is -0.334 e. The summed E-state index contributed by atoms with van der Waals surface area (Å²) in [6, 6.07) is 8.36. The fourth-order valence-corrected chi connectivity index (χ4v) is 4.04. The molecule has 138 valence electrons. The molecule has 2 unspecified atom stereocenters. The van der Waals surface area contributed by atoms with Gasteiger partial charge in [-0.1, -0.05) is 19.1 Å². The molecular weight excluding hydrogens is 312 g/mol. The van der Waals surface area contributed by atoms with Gasteiger partial charge >= 0.3 is 0 Å². The van der Waals surface area contributed by atoms with E-state index in [1.54, 1.807) is 0 Å². The van der Waals surface area contributed by atoms with Crippen LogP contribution < -0.4 is 5.73 Å². The number of hydrogen-bond acceptors (Lipinski definition) is 4. The van der Waals surface area contributed by atoms with Gasteiger partial charge < -0.3 is 15.5 Å². The van der Waals surface area contributed by atoms with Crippen LogP contribution in [0.2, 0.25) is 0 Å². The first-order valence-electron chi connectivity index (χ1n) is 9.59. The van der Waals surface area contributed by atoms with Crippen LogP contribution in [-0.4, -0.2) is 73.0 Å². The summed E-state index contributed by atoms with van der Waals surface area (Å²) < 4.78 is 0. The minimum atomic E-state index is 0.133. The van der Waals surface area contributed by atoms with Crippen LogP contribution in [0.5, 0.6) is 0 Å². The molecule has 25 heavy (non-hydrogen) atoms. The number of nitrogens with zero attached hydrogens (tertiary/aromatic N) is 3. The van der Waals surface area contributed by atoms with Crippen molar-refractivity contribution in [3.8, 4) is 0 Å². The van der Waals surface area contributed by atoms with Gasteiger partial charge in [0.2, 0.25) is 0 Å². The van der Waals surface area contributed by atoms with Crippen molar-refractivity contribution in [3.63, 3.8) is 0 Å². The number of amides is 1. The third kappa shape index (κ3) is 4.40. The smallest absolute Gasteiger partial charge is 0.254 e. The van der Waals surface area contributed by atoms with Crippen LogP contribution >= 0.6 is 0 Å². The lowest BCUT2D eigenvalue weighted by atomic mass is 9.90. The average molecular weight is 345 g/mol. The highest BCUT2D eigenvalue weighted by molar-refractivity contribution is 5.94. The highest BCUT2D eigenvalue weighted by atomic mass is 16.2. The van der Waals surface area contributed by atoms with Crippen molar-refractivity contribution >= 4 is 5.91 Å². The van der Waals surface area contributed by atoms with Crippen LogP contribution in [0.1, 0.15) is 35.7 Å². The maximum atomic E-state index is 12.9. The minimum absolute atomic E-state index is 0.133. The molecule has 0 saturated carbocycles. The summed E-state index contributed by atoms with van der Waals surface area (Å²) in [4.78, 5) is 19.7. The number of nitrogens with two attached hydrogens (primary N) is 1. The molecule has 2 heterocycles. The summed E-state index contributed by atoms with van der Waals surface area (Å²) in [5.41, 5.74) is 8.00. The number of likely N-dealkylation sites (tertiary alicyclic amines) is 1. The van der Waals surface area contributed by atoms with Crippen molar-refractivity contribution in [2.45, 2.75) is 32.4 Å². The second-order valence-corrected chi connectivity index (χ2v) is 7.70. The zero-order valence-corrected chi connectivity index (χ0v) is 15.7. The fraction of sp³-hybridized carbons (Fsp3) is 0.650. The van der Waals surface area contributed by atoms with Crippen molar-refractivity contribution in [2.24, 2.45) is 11.7 Å². The van der Waals surface area contributed by atoms with Crippen LogP contribution in [0.4, 0.5) is 0 Å². The highest BCUT2D eigenvalue weighted by Gasteiger charge is 2.31. The number of carbonyl (C=O) groups is 1. The molecule has 2 aliphatic heterocycles. The summed E-state index contributed by atoms with van der Waals surface area (Å²) in [6.45, 7) is 9.03. The van der Waals surface area contributed by atoms with E-state index in [1.807, 2.05) is 17.0 Å². The summed E-state index contributed by atoms with van der Waals surface area (Å²) in [5, 5.41) is 0. The second-order valence-electron chi connectivity index (χ2n) is 7.70. The average Bonchev–Trinajstić information content (AvgIpc) is 2.63. The van der Waals surface area contributed by atoms with Gasteiger partial charge in [-0.15, -0.1) is 0 Å². The Bertz CT molecular complexity index is 566. The van der Waals surface area contributed by atoms with E-state index in [4.69, 9.17) is 5.73 Å². The van der Waals surface area contributed by atoms with Gasteiger partial charge in [-0.3, -0.25) is 9.69 Å². The molecule has 5 nitrogen and oxygen atoms in total. The van der Waals surface area contributed by atoms with Crippen molar-refractivity contribution < 1.29 is 4.79 Å². The van der Waals surface area contributed by atoms with E-state index in [2.05, 4.69) is 35.9 Å². The molecule has 2 atom stereocenters. The quantitative estimate of drug-likeness (QED) is 0.902. The van der Waals surface area contributed by atoms with E-state index in [9.17, 15) is 4.79 Å². The van der Waals surface area contributed by atoms with Crippen LogP contribution in [-0.2, 0) is 6.54 Å². The van der Waals surface area contributed by atoms with Crippen LogP contribution in [0.3, 0.4) is 0 Å². The second kappa shape index (κ2) is 8.30. The molecule has 2 aliphatic rings. The van der Waals surface area contributed by atoms with E-state index in [0.29, 0.717) is 12.5 Å². The number of piperidine rings is 1. The molecule has 2 fully saturated rings. The predicted molar refractivity (Wildman–Crippen MR) is 101 cm³/mol. The van der Waals surface area contributed by atoms with Gasteiger partial charge in [0.1, 0.15) is 0 Å². The molecule has 0 aliphatic carbocycles. The van der Waals surface area contributed by atoms with E-state index in [0.717, 1.165) is 57.7 Å². The van der Waals surface area contributed by atoms with Gasteiger partial charge in [0.25, 0.3) is 5.91 Å². The maximum Gasteiger partial charge on any atom is 0.254 e. The van der Waals surface area contributed by atoms with Gasteiger partial charge in [-0.2, -0.15) is 0 Å². The fourth-order valence-electron chi connectivity index (χ4n) is 4.04. The van der Waals surface area contributed by atoms with Crippen molar-refractivity contribution in [2.75, 3.05) is 46.3 Å². The van der Waals surface area contributed by atoms with Gasteiger partial charge in [-0.25, -0.2) is 0 Å². The largest absolute Gasteiger partial charge is 0.334 e. The Hall–Kier alpha value is -1.43. The topological polar surface area (TPSA) is 52.8 Å². The van der Waals surface area contributed by atoms with E-state index in [1.165, 1.54) is 5.56 Å². The van der Waals surface area contributed by atoms with Crippen molar-refractivity contribution in [1.29, 1.82) is 0 Å². The first-order chi connectivity index (χ1) is 12.1. The number of likely N-dealkylation sites (N-methyl/N-ethyl adjacent to an activating group) is 1. The van der Waals surface area contributed by atoms with E-state index >= 15 is 0 Å².